The van der Waals surface area contributed by atoms with Gasteiger partial charge in [0.15, 0.2) is 0 Å². The van der Waals surface area contributed by atoms with Gasteiger partial charge in [-0.25, -0.2) is 0 Å². The molecule has 5 heteroatoms. The summed E-state index contributed by atoms with van der Waals surface area (Å²) in [5, 5.41) is 23.7. The van der Waals surface area contributed by atoms with E-state index in [9.17, 15) is 0 Å². The summed E-state index contributed by atoms with van der Waals surface area (Å²) in [4.78, 5) is 2.29. The highest BCUT2D eigenvalue weighted by molar-refractivity contribution is 5.81. The largest absolute Gasteiger partial charge is 0.338 e. The Bertz CT molecular complexity index is 213. The molecule has 10 heavy (non-hydrogen) atoms. The molecule has 1 fully saturated rings. The van der Waals surface area contributed by atoms with Crippen molar-refractivity contribution in [1.29, 1.82) is 15.9 Å². The monoisotopic (exact) mass is 135 g/mol. The van der Waals surface area contributed by atoms with Crippen molar-refractivity contribution in [2.24, 2.45) is 0 Å². The molecule has 0 amide bonds. The molecule has 0 aromatic rings. The van der Waals surface area contributed by atoms with Gasteiger partial charge in [-0.3, -0.25) is 5.41 Å². The number of guanidine groups is 1. The van der Waals surface area contributed by atoms with Crippen LogP contribution in [0.15, 0.2) is 0 Å². The van der Waals surface area contributed by atoms with Gasteiger partial charge >= 0.3 is 0 Å². The Kier molecular flexibility index (Phi) is 1.43. The van der Waals surface area contributed by atoms with E-state index in [2.05, 4.69) is 0 Å². The van der Waals surface area contributed by atoms with E-state index in [4.69, 9.17) is 15.9 Å². The highest BCUT2D eigenvalue weighted by Crippen LogP contribution is 2.05. The lowest BCUT2D eigenvalue weighted by Gasteiger charge is -2.05. The third-order valence-electron chi connectivity index (χ3n) is 1.16. The van der Waals surface area contributed by atoms with Gasteiger partial charge in [-0.05, 0) is 0 Å². The lowest BCUT2D eigenvalue weighted by molar-refractivity contribution is 0.660. The predicted molar refractivity (Wildman–Crippen MR) is 32.4 cm³/mol. The summed E-state index contributed by atoms with van der Waals surface area (Å²) in [6.07, 6.45) is 3.16. The van der Waals surface area contributed by atoms with Crippen molar-refractivity contribution in [3.63, 3.8) is 0 Å². The fourth-order valence-corrected chi connectivity index (χ4v) is 0.520. The highest BCUT2D eigenvalue weighted by Gasteiger charge is 2.25. The zero-order valence-electron chi connectivity index (χ0n) is 5.20. The molecule has 0 aliphatic carbocycles. The van der Waals surface area contributed by atoms with Crippen LogP contribution < -0.4 is 0 Å². The average Bonchev–Trinajstić information content (AvgIpc) is 2.71. The summed E-state index contributed by atoms with van der Waals surface area (Å²) in [6.45, 7) is 1.55. The lowest BCUT2D eigenvalue weighted by Crippen LogP contribution is -2.26. The molecule has 0 atom stereocenters. The standard InChI is InChI=1S/C5H5N5/c6-3-10(4-7)5(8)9-1-2-9/h8H,1-2H2. The van der Waals surface area contributed by atoms with Crippen LogP contribution in [0.2, 0.25) is 0 Å². The molecule has 1 aliphatic heterocycles. The number of nitrogens with zero attached hydrogens (tertiary/aromatic N) is 4. The second kappa shape index (κ2) is 2.24. The fraction of sp³-hybridized carbons (Fsp3) is 0.400. The molecule has 1 aliphatic rings. The molecule has 0 bridgehead atoms. The van der Waals surface area contributed by atoms with E-state index in [1.807, 2.05) is 0 Å². The Hall–Kier alpha value is -1.75. The van der Waals surface area contributed by atoms with Gasteiger partial charge in [-0.1, -0.05) is 0 Å². The van der Waals surface area contributed by atoms with Crippen LogP contribution in [0, 0.1) is 28.3 Å². The van der Waals surface area contributed by atoms with Crippen LogP contribution in [-0.4, -0.2) is 28.8 Å². The first-order valence-electron chi connectivity index (χ1n) is 2.72. The van der Waals surface area contributed by atoms with E-state index in [0.717, 1.165) is 13.1 Å². The van der Waals surface area contributed by atoms with Gasteiger partial charge in [0.05, 0.1) is 0 Å². The third kappa shape index (κ3) is 0.981. The second-order valence-corrected chi connectivity index (χ2v) is 1.85. The van der Waals surface area contributed by atoms with Gasteiger partial charge < -0.3 is 4.90 Å². The third-order valence-corrected chi connectivity index (χ3v) is 1.16. The molecule has 0 spiro atoms. The quantitative estimate of drug-likeness (QED) is 0.160. The fourth-order valence-electron chi connectivity index (χ4n) is 0.520. The van der Waals surface area contributed by atoms with Crippen molar-refractivity contribution in [2.75, 3.05) is 13.1 Å². The Labute approximate surface area is 58.2 Å². The predicted octanol–water partition coefficient (Wildman–Crippen LogP) is -0.499. The van der Waals surface area contributed by atoms with Gasteiger partial charge in [-0.15, -0.1) is 4.90 Å². The number of nitriles is 2. The van der Waals surface area contributed by atoms with Crippen molar-refractivity contribution in [2.45, 2.75) is 0 Å². The molecule has 0 aromatic heterocycles. The molecule has 1 saturated heterocycles. The van der Waals surface area contributed by atoms with Gasteiger partial charge in [0, 0.05) is 13.1 Å². The lowest BCUT2D eigenvalue weighted by atomic mass is 10.8. The molecule has 5 nitrogen and oxygen atoms in total. The molecular weight excluding hydrogens is 130 g/mol. The molecule has 0 unspecified atom stereocenters. The van der Waals surface area contributed by atoms with E-state index in [0.29, 0.717) is 4.90 Å². The van der Waals surface area contributed by atoms with Gasteiger partial charge in [-0.2, -0.15) is 10.5 Å². The first-order chi connectivity index (χ1) is 4.79. The second-order valence-electron chi connectivity index (χ2n) is 1.85. The number of rotatable bonds is 0. The van der Waals surface area contributed by atoms with Crippen LogP contribution in [0.1, 0.15) is 0 Å². The Morgan fingerprint density at radius 2 is 1.90 bits per heavy atom. The zero-order valence-corrected chi connectivity index (χ0v) is 5.20. The van der Waals surface area contributed by atoms with E-state index in [1.165, 1.54) is 0 Å². The van der Waals surface area contributed by atoms with Crippen molar-refractivity contribution in [3.05, 3.63) is 0 Å². The summed E-state index contributed by atoms with van der Waals surface area (Å²) < 4.78 is 0. The molecule has 0 radical (unpaired) electrons. The Morgan fingerprint density at radius 1 is 1.40 bits per heavy atom. The summed E-state index contributed by atoms with van der Waals surface area (Å²) in [6, 6.07) is 0. The Morgan fingerprint density at radius 3 is 2.20 bits per heavy atom. The minimum absolute atomic E-state index is 0.0231. The summed E-state index contributed by atoms with van der Waals surface area (Å²) in [5.41, 5.74) is 0. The smallest absolute Gasteiger partial charge is 0.221 e. The molecular formula is C5H5N5. The highest BCUT2D eigenvalue weighted by atomic mass is 15.4. The summed E-state index contributed by atoms with van der Waals surface area (Å²) in [7, 11) is 0. The van der Waals surface area contributed by atoms with E-state index in [-0.39, 0.29) is 5.96 Å². The van der Waals surface area contributed by atoms with Crippen molar-refractivity contribution >= 4 is 5.96 Å². The maximum atomic E-state index is 8.26. The Balaban J connectivity index is 2.56. The maximum absolute atomic E-state index is 8.26. The van der Waals surface area contributed by atoms with E-state index < -0.39 is 0 Å². The van der Waals surface area contributed by atoms with E-state index in [1.54, 1.807) is 17.3 Å². The first-order valence-corrected chi connectivity index (χ1v) is 2.72. The number of nitrogens with one attached hydrogen (secondary N) is 1. The van der Waals surface area contributed by atoms with Crippen LogP contribution in [0.3, 0.4) is 0 Å². The van der Waals surface area contributed by atoms with Gasteiger partial charge in [0.2, 0.25) is 18.3 Å². The SMILES string of the molecule is N#CN(C#N)C(=N)N1CC1. The number of hydrogen-bond donors (Lipinski definition) is 1. The minimum Gasteiger partial charge on any atom is -0.338 e. The first kappa shape index (κ1) is 6.37. The maximum Gasteiger partial charge on any atom is 0.221 e. The van der Waals surface area contributed by atoms with Crippen LogP contribution in [0.4, 0.5) is 0 Å². The van der Waals surface area contributed by atoms with Crippen molar-refractivity contribution < 1.29 is 0 Å². The van der Waals surface area contributed by atoms with Gasteiger partial charge in [0.25, 0.3) is 0 Å². The normalized spacial score (nSPS) is 13.2. The number of hydrogen-bond acceptors (Lipinski definition) is 3. The molecule has 1 rings (SSSR count). The summed E-state index contributed by atoms with van der Waals surface area (Å²) in [5.74, 6) is -0.0231. The van der Waals surface area contributed by atoms with Gasteiger partial charge in [0.1, 0.15) is 0 Å². The van der Waals surface area contributed by atoms with Crippen LogP contribution in [0.5, 0.6) is 0 Å². The minimum atomic E-state index is -0.0231. The molecule has 1 heterocycles. The average molecular weight is 135 g/mol. The van der Waals surface area contributed by atoms with Crippen molar-refractivity contribution in [3.8, 4) is 12.4 Å². The van der Waals surface area contributed by atoms with Crippen LogP contribution >= 0.6 is 0 Å². The van der Waals surface area contributed by atoms with Crippen LogP contribution in [-0.2, 0) is 0 Å². The molecule has 50 valence electrons. The molecule has 0 aromatic carbocycles. The molecule has 0 saturated carbocycles. The summed E-state index contributed by atoms with van der Waals surface area (Å²) >= 11 is 0. The van der Waals surface area contributed by atoms with Crippen molar-refractivity contribution in [1.82, 2.24) is 9.80 Å². The van der Waals surface area contributed by atoms with Crippen LogP contribution in [0.25, 0.3) is 0 Å². The van der Waals surface area contributed by atoms with E-state index >= 15 is 0 Å². The zero-order chi connectivity index (χ0) is 7.56. The topological polar surface area (TPSA) is 77.7 Å². The molecule has 1 N–H and O–H groups in total.